The second kappa shape index (κ2) is 10.6. The number of barbiturate groups is 1. The minimum atomic E-state index is -0.868. The van der Waals surface area contributed by atoms with Crippen molar-refractivity contribution in [2.24, 2.45) is 0 Å². The van der Waals surface area contributed by atoms with E-state index < -0.39 is 17.8 Å². The van der Waals surface area contributed by atoms with Crippen LogP contribution in [0.4, 0.5) is 10.5 Å². The first-order valence-electron chi connectivity index (χ1n) is 10.6. The van der Waals surface area contributed by atoms with Crippen LogP contribution < -0.4 is 19.7 Å². The average molecular weight is 546 g/mol. The van der Waals surface area contributed by atoms with E-state index in [1.807, 2.05) is 6.07 Å². The topological polar surface area (TPSA) is 84.9 Å². The average Bonchev–Trinajstić information content (AvgIpc) is 2.83. The molecule has 4 rings (SSSR count). The van der Waals surface area contributed by atoms with Crippen LogP contribution in [0.5, 0.6) is 11.5 Å². The maximum atomic E-state index is 13.2. The van der Waals surface area contributed by atoms with Crippen LogP contribution >= 0.6 is 34.8 Å². The van der Waals surface area contributed by atoms with Gasteiger partial charge in [0.1, 0.15) is 12.2 Å². The van der Waals surface area contributed by atoms with Gasteiger partial charge in [-0.1, -0.05) is 53.0 Å². The lowest BCUT2D eigenvalue weighted by Crippen LogP contribution is -2.54. The quantitative estimate of drug-likeness (QED) is 0.294. The molecule has 0 spiro atoms. The molecule has 0 unspecified atom stereocenters. The molecule has 4 amide bonds. The Hall–Kier alpha value is -3.52. The van der Waals surface area contributed by atoms with E-state index in [4.69, 9.17) is 44.3 Å². The summed E-state index contributed by atoms with van der Waals surface area (Å²) in [6.45, 7) is 1.91. The Morgan fingerprint density at radius 2 is 1.72 bits per heavy atom. The number of urea groups is 1. The zero-order valence-corrected chi connectivity index (χ0v) is 21.4. The number of nitrogens with zero attached hydrogens (tertiary/aromatic N) is 1. The smallest absolute Gasteiger partial charge is 0.335 e. The van der Waals surface area contributed by atoms with Crippen LogP contribution in [0.15, 0.2) is 60.2 Å². The van der Waals surface area contributed by atoms with Crippen molar-refractivity contribution in [3.05, 3.63) is 91.9 Å². The maximum Gasteiger partial charge on any atom is 0.335 e. The summed E-state index contributed by atoms with van der Waals surface area (Å²) < 4.78 is 11.3. The van der Waals surface area contributed by atoms with Gasteiger partial charge in [-0.3, -0.25) is 14.9 Å². The van der Waals surface area contributed by atoms with Crippen molar-refractivity contribution in [3.63, 3.8) is 0 Å². The van der Waals surface area contributed by atoms with Crippen LogP contribution in [0.3, 0.4) is 0 Å². The Morgan fingerprint density at radius 3 is 2.44 bits per heavy atom. The molecule has 0 radical (unpaired) electrons. The van der Waals surface area contributed by atoms with Crippen LogP contribution in [0.2, 0.25) is 15.1 Å². The minimum Gasteiger partial charge on any atom is -0.493 e. The van der Waals surface area contributed by atoms with Gasteiger partial charge in [-0.25, -0.2) is 9.69 Å². The second-order valence-electron chi connectivity index (χ2n) is 7.84. The molecule has 1 fully saturated rings. The molecule has 1 N–H and O–H groups in total. The number of carbonyl (C=O) groups excluding carboxylic acids is 3. The zero-order valence-electron chi connectivity index (χ0n) is 19.1. The lowest BCUT2D eigenvalue weighted by Gasteiger charge is -2.27. The van der Waals surface area contributed by atoms with Crippen LogP contribution in [0.1, 0.15) is 16.7 Å². The molecule has 0 atom stereocenters. The van der Waals surface area contributed by atoms with Gasteiger partial charge in [0, 0.05) is 10.0 Å². The molecule has 3 aromatic carbocycles. The molecule has 1 heterocycles. The number of hydrogen-bond donors (Lipinski definition) is 1. The number of anilines is 1. The predicted octanol–water partition coefficient (Wildman–Crippen LogP) is 6.21. The number of hydrogen-bond acceptors (Lipinski definition) is 5. The standard InChI is InChI=1S/C26H19Cl3N2O5/c1-14-6-7-18(28)12-21(14)31-25(33)19(24(32)30-26(31)34)9-16-10-20(29)23(22(11-16)35-2)36-13-15-4-3-5-17(27)8-15/h3-12H,13H2,1-2H3,(H,30,32,34)/b19-9+. The normalized spacial score (nSPS) is 14.8. The van der Waals surface area contributed by atoms with E-state index in [-0.39, 0.29) is 28.6 Å². The van der Waals surface area contributed by atoms with Crippen molar-refractivity contribution in [1.82, 2.24) is 5.32 Å². The lowest BCUT2D eigenvalue weighted by atomic mass is 10.1. The Balaban J connectivity index is 1.66. The van der Waals surface area contributed by atoms with E-state index in [0.29, 0.717) is 26.9 Å². The molecule has 0 aliphatic carbocycles. The number of amides is 4. The van der Waals surface area contributed by atoms with Gasteiger partial charge in [0.15, 0.2) is 11.5 Å². The summed E-state index contributed by atoms with van der Waals surface area (Å²) in [7, 11) is 1.44. The molecule has 3 aromatic rings. The molecule has 7 nitrogen and oxygen atoms in total. The number of imide groups is 2. The van der Waals surface area contributed by atoms with Crippen LogP contribution in [-0.4, -0.2) is 25.0 Å². The van der Waals surface area contributed by atoms with Gasteiger partial charge in [0.25, 0.3) is 11.8 Å². The third kappa shape index (κ3) is 5.33. The number of halogens is 3. The number of carbonyl (C=O) groups is 3. The van der Waals surface area contributed by atoms with Crippen molar-refractivity contribution in [1.29, 1.82) is 0 Å². The molecular formula is C26H19Cl3N2O5. The number of rotatable bonds is 6. The first-order valence-corrected chi connectivity index (χ1v) is 11.7. The molecule has 0 saturated carbocycles. The molecule has 1 saturated heterocycles. The second-order valence-corrected chi connectivity index (χ2v) is 9.12. The van der Waals surface area contributed by atoms with Crippen molar-refractivity contribution < 1.29 is 23.9 Å². The fourth-order valence-electron chi connectivity index (χ4n) is 3.61. The molecule has 36 heavy (non-hydrogen) atoms. The molecule has 1 aliphatic rings. The third-order valence-electron chi connectivity index (χ3n) is 5.35. The fourth-order valence-corrected chi connectivity index (χ4v) is 4.26. The Bertz CT molecular complexity index is 1420. The zero-order chi connectivity index (χ0) is 26.0. The first-order chi connectivity index (χ1) is 17.2. The predicted molar refractivity (Wildman–Crippen MR) is 139 cm³/mol. The largest absolute Gasteiger partial charge is 0.493 e. The third-order valence-corrected chi connectivity index (χ3v) is 6.10. The summed E-state index contributed by atoms with van der Waals surface area (Å²) in [6, 6.07) is 14.2. The van der Waals surface area contributed by atoms with E-state index in [0.717, 1.165) is 10.5 Å². The molecule has 0 aromatic heterocycles. The minimum absolute atomic E-state index is 0.189. The van der Waals surface area contributed by atoms with E-state index in [9.17, 15) is 14.4 Å². The maximum absolute atomic E-state index is 13.2. The lowest BCUT2D eigenvalue weighted by molar-refractivity contribution is -0.122. The number of methoxy groups -OCH3 is 1. The monoisotopic (exact) mass is 544 g/mol. The van der Waals surface area contributed by atoms with Gasteiger partial charge in [-0.2, -0.15) is 0 Å². The SMILES string of the molecule is COc1cc(/C=C2\C(=O)NC(=O)N(c3cc(Cl)ccc3C)C2=O)cc(Cl)c1OCc1cccc(Cl)c1. The summed E-state index contributed by atoms with van der Waals surface area (Å²) in [5, 5.41) is 3.30. The van der Waals surface area contributed by atoms with E-state index >= 15 is 0 Å². The summed E-state index contributed by atoms with van der Waals surface area (Å²) in [4.78, 5) is 39.2. The Morgan fingerprint density at radius 1 is 0.972 bits per heavy atom. The Labute approximate surface area is 222 Å². The van der Waals surface area contributed by atoms with Crippen molar-refractivity contribution in [2.75, 3.05) is 12.0 Å². The highest BCUT2D eigenvalue weighted by molar-refractivity contribution is 6.40. The van der Waals surface area contributed by atoms with E-state index in [1.165, 1.54) is 25.3 Å². The van der Waals surface area contributed by atoms with Gasteiger partial charge in [-0.15, -0.1) is 0 Å². The van der Waals surface area contributed by atoms with Crippen LogP contribution in [-0.2, 0) is 16.2 Å². The van der Waals surface area contributed by atoms with Gasteiger partial charge in [0.2, 0.25) is 0 Å². The summed E-state index contributed by atoms with van der Waals surface area (Å²) in [5.74, 6) is -1.06. The summed E-state index contributed by atoms with van der Waals surface area (Å²) in [6.07, 6.45) is 1.33. The molecule has 0 bridgehead atoms. The van der Waals surface area contributed by atoms with Gasteiger partial charge >= 0.3 is 6.03 Å². The highest BCUT2D eigenvalue weighted by atomic mass is 35.5. The van der Waals surface area contributed by atoms with Crippen LogP contribution in [0.25, 0.3) is 6.08 Å². The highest BCUT2D eigenvalue weighted by Crippen LogP contribution is 2.38. The van der Waals surface area contributed by atoms with Crippen molar-refractivity contribution in [2.45, 2.75) is 13.5 Å². The number of nitrogens with one attached hydrogen (secondary N) is 1. The Kier molecular flexibility index (Phi) is 7.54. The van der Waals surface area contributed by atoms with E-state index in [1.54, 1.807) is 43.3 Å². The highest BCUT2D eigenvalue weighted by Gasteiger charge is 2.37. The summed E-state index contributed by atoms with van der Waals surface area (Å²) >= 11 is 18.6. The van der Waals surface area contributed by atoms with Crippen molar-refractivity contribution >= 4 is 64.4 Å². The molecule has 1 aliphatic heterocycles. The van der Waals surface area contributed by atoms with Crippen molar-refractivity contribution in [3.8, 4) is 11.5 Å². The van der Waals surface area contributed by atoms with Gasteiger partial charge in [0.05, 0.1) is 17.8 Å². The molecule has 10 heteroatoms. The van der Waals surface area contributed by atoms with Crippen LogP contribution in [0, 0.1) is 6.92 Å². The molecule has 184 valence electrons. The number of aryl methyl sites for hydroxylation is 1. The summed E-state index contributed by atoms with van der Waals surface area (Å²) in [5.41, 5.74) is 1.85. The van der Waals surface area contributed by atoms with Gasteiger partial charge in [-0.05, 0) is 66.1 Å². The fraction of sp³-hybridized carbons (Fsp3) is 0.115. The van der Waals surface area contributed by atoms with Gasteiger partial charge < -0.3 is 9.47 Å². The number of benzene rings is 3. The molecular weight excluding hydrogens is 527 g/mol. The van der Waals surface area contributed by atoms with E-state index in [2.05, 4.69) is 5.32 Å². The number of ether oxygens (including phenoxy) is 2. The first kappa shape index (κ1) is 25.6.